The highest BCUT2D eigenvalue weighted by molar-refractivity contribution is 6.68. The molecule has 0 N–H and O–H groups in total. The molecule has 0 aliphatic rings. The summed E-state index contributed by atoms with van der Waals surface area (Å²) in [4.78, 5) is 24.9. The first kappa shape index (κ1) is 16.4. The maximum absolute atomic E-state index is 12.9. The Labute approximate surface area is 136 Å². The average Bonchev–Trinajstić information content (AvgIpc) is 2.45. The van der Waals surface area contributed by atoms with Crippen LogP contribution in [0.2, 0.25) is 0 Å². The van der Waals surface area contributed by atoms with Gasteiger partial charge < -0.3 is 0 Å². The van der Waals surface area contributed by atoms with Crippen LogP contribution in [0.3, 0.4) is 0 Å². The van der Waals surface area contributed by atoms with Gasteiger partial charge in [-0.3, -0.25) is 9.59 Å². The van der Waals surface area contributed by atoms with Gasteiger partial charge in [0.2, 0.25) is 0 Å². The molecule has 0 saturated heterocycles. The van der Waals surface area contributed by atoms with Crippen molar-refractivity contribution in [3.63, 3.8) is 0 Å². The lowest BCUT2D eigenvalue weighted by atomic mass is 9.80. The van der Waals surface area contributed by atoms with Gasteiger partial charge in [-0.15, -0.1) is 0 Å². The SMILES string of the molecule is Cc1ccc(C(C)(C)C)c(C(=O)Cl)c1C(=O)c1ccccc1. The molecule has 0 aliphatic heterocycles. The maximum atomic E-state index is 12.9. The molecule has 0 radical (unpaired) electrons. The number of hydrogen-bond donors (Lipinski definition) is 0. The first-order valence-corrected chi connectivity index (χ1v) is 7.55. The summed E-state index contributed by atoms with van der Waals surface area (Å²) in [5, 5.41) is -0.590. The number of hydrogen-bond acceptors (Lipinski definition) is 2. The van der Waals surface area contributed by atoms with Crippen LogP contribution in [0.4, 0.5) is 0 Å². The molecule has 22 heavy (non-hydrogen) atoms. The van der Waals surface area contributed by atoms with E-state index in [1.54, 1.807) is 24.3 Å². The van der Waals surface area contributed by atoms with Crippen molar-refractivity contribution in [3.8, 4) is 0 Å². The standard InChI is InChI=1S/C19H19ClO2/c1-12-10-11-14(19(2,3)4)16(18(20)22)15(12)17(21)13-8-6-5-7-9-13/h5-11H,1-4H3. The zero-order chi connectivity index (χ0) is 16.5. The molecule has 0 saturated carbocycles. The van der Waals surface area contributed by atoms with Crippen LogP contribution < -0.4 is 0 Å². The van der Waals surface area contributed by atoms with E-state index < -0.39 is 5.24 Å². The van der Waals surface area contributed by atoms with E-state index in [4.69, 9.17) is 11.6 Å². The first-order chi connectivity index (χ1) is 10.2. The molecule has 0 aliphatic carbocycles. The van der Waals surface area contributed by atoms with Crippen LogP contribution in [0.25, 0.3) is 0 Å². The molecular weight excluding hydrogens is 296 g/mol. The average molecular weight is 315 g/mol. The third kappa shape index (κ3) is 3.12. The monoisotopic (exact) mass is 314 g/mol. The Hall–Kier alpha value is -1.93. The second-order valence-electron chi connectivity index (χ2n) is 6.40. The number of carbonyl (C=O) groups excluding carboxylic acids is 2. The predicted octanol–water partition coefficient (Wildman–Crippen LogP) is 4.90. The summed E-state index contributed by atoms with van der Waals surface area (Å²) in [6.45, 7) is 7.82. The lowest BCUT2D eigenvalue weighted by Crippen LogP contribution is -2.20. The largest absolute Gasteiger partial charge is 0.289 e. The molecule has 0 aromatic heterocycles. The third-order valence-electron chi connectivity index (χ3n) is 3.68. The van der Waals surface area contributed by atoms with Crippen LogP contribution in [0.1, 0.15) is 58.2 Å². The lowest BCUT2D eigenvalue weighted by Gasteiger charge is -2.24. The van der Waals surface area contributed by atoms with Crippen molar-refractivity contribution >= 4 is 22.6 Å². The molecule has 2 rings (SSSR count). The normalized spacial score (nSPS) is 11.3. The minimum Gasteiger partial charge on any atom is -0.289 e. The van der Waals surface area contributed by atoms with E-state index >= 15 is 0 Å². The van der Waals surface area contributed by atoms with E-state index in [0.29, 0.717) is 16.7 Å². The molecular formula is C19H19ClO2. The number of carbonyl (C=O) groups is 2. The molecule has 2 aromatic rings. The number of benzene rings is 2. The quantitative estimate of drug-likeness (QED) is 0.596. The van der Waals surface area contributed by atoms with Crippen LogP contribution in [0.5, 0.6) is 0 Å². The summed E-state index contributed by atoms with van der Waals surface area (Å²) in [7, 11) is 0. The van der Waals surface area contributed by atoms with Gasteiger partial charge in [0.25, 0.3) is 5.24 Å². The van der Waals surface area contributed by atoms with Gasteiger partial charge in [0.15, 0.2) is 5.78 Å². The molecule has 0 amide bonds. The van der Waals surface area contributed by atoms with E-state index in [9.17, 15) is 9.59 Å². The van der Waals surface area contributed by atoms with Crippen LogP contribution in [-0.2, 0) is 5.41 Å². The van der Waals surface area contributed by atoms with Crippen molar-refractivity contribution in [1.29, 1.82) is 0 Å². The zero-order valence-electron chi connectivity index (χ0n) is 13.2. The predicted molar refractivity (Wildman–Crippen MR) is 89.9 cm³/mol. The lowest BCUT2D eigenvalue weighted by molar-refractivity contribution is 0.102. The third-order valence-corrected chi connectivity index (χ3v) is 3.87. The summed E-state index contributed by atoms with van der Waals surface area (Å²) in [5.41, 5.74) is 2.54. The second-order valence-corrected chi connectivity index (χ2v) is 6.74. The van der Waals surface area contributed by atoms with Crippen LogP contribution in [0.15, 0.2) is 42.5 Å². The Bertz CT molecular complexity index is 725. The number of rotatable bonds is 3. The molecule has 0 heterocycles. The van der Waals surface area contributed by atoms with E-state index in [1.807, 2.05) is 45.9 Å². The van der Waals surface area contributed by atoms with Gasteiger partial charge >= 0.3 is 0 Å². The minimum absolute atomic E-state index is 0.173. The summed E-state index contributed by atoms with van der Waals surface area (Å²) in [6, 6.07) is 12.7. The van der Waals surface area contributed by atoms with Crippen molar-refractivity contribution in [2.45, 2.75) is 33.1 Å². The topological polar surface area (TPSA) is 34.1 Å². The number of halogens is 1. The number of aryl methyl sites for hydroxylation is 1. The summed E-state index contributed by atoms with van der Waals surface area (Å²) in [5.74, 6) is -0.173. The van der Waals surface area contributed by atoms with Crippen LogP contribution in [-0.4, -0.2) is 11.0 Å². The Morgan fingerprint density at radius 1 is 0.909 bits per heavy atom. The van der Waals surface area contributed by atoms with Crippen molar-refractivity contribution in [2.75, 3.05) is 0 Å². The molecule has 0 bridgehead atoms. The summed E-state index contributed by atoms with van der Waals surface area (Å²) in [6.07, 6.45) is 0. The fourth-order valence-corrected chi connectivity index (χ4v) is 2.76. The van der Waals surface area contributed by atoms with Gasteiger partial charge in [0, 0.05) is 16.7 Å². The summed E-state index contributed by atoms with van der Waals surface area (Å²) < 4.78 is 0. The zero-order valence-corrected chi connectivity index (χ0v) is 14.0. The Morgan fingerprint density at radius 2 is 1.50 bits per heavy atom. The fourth-order valence-electron chi connectivity index (χ4n) is 2.56. The summed E-state index contributed by atoms with van der Waals surface area (Å²) >= 11 is 5.83. The smallest absolute Gasteiger partial charge is 0.253 e. The van der Waals surface area contributed by atoms with Crippen molar-refractivity contribution < 1.29 is 9.59 Å². The highest BCUT2D eigenvalue weighted by atomic mass is 35.5. The highest BCUT2D eigenvalue weighted by Crippen LogP contribution is 2.32. The van der Waals surface area contributed by atoms with Gasteiger partial charge in [-0.2, -0.15) is 0 Å². The minimum atomic E-state index is -0.590. The second kappa shape index (κ2) is 6.05. The van der Waals surface area contributed by atoms with Gasteiger partial charge in [0.1, 0.15) is 0 Å². The van der Waals surface area contributed by atoms with Gasteiger partial charge in [0.05, 0.1) is 0 Å². The van der Waals surface area contributed by atoms with Gasteiger partial charge in [-0.25, -0.2) is 0 Å². The molecule has 2 nitrogen and oxygen atoms in total. The van der Waals surface area contributed by atoms with E-state index in [1.165, 1.54) is 0 Å². The van der Waals surface area contributed by atoms with E-state index in [-0.39, 0.29) is 11.2 Å². The van der Waals surface area contributed by atoms with Crippen molar-refractivity contribution in [2.24, 2.45) is 0 Å². The van der Waals surface area contributed by atoms with Crippen molar-refractivity contribution in [1.82, 2.24) is 0 Å². The van der Waals surface area contributed by atoms with Crippen LogP contribution in [0, 0.1) is 6.92 Å². The molecule has 2 aromatic carbocycles. The number of ketones is 1. The molecule has 3 heteroatoms. The van der Waals surface area contributed by atoms with E-state index in [2.05, 4.69) is 0 Å². The van der Waals surface area contributed by atoms with Gasteiger partial charge in [-0.05, 0) is 35.1 Å². The van der Waals surface area contributed by atoms with Crippen molar-refractivity contribution in [3.05, 3.63) is 70.3 Å². The Kier molecular flexibility index (Phi) is 4.52. The molecule has 0 fully saturated rings. The van der Waals surface area contributed by atoms with Crippen LogP contribution >= 0.6 is 11.6 Å². The molecule has 114 valence electrons. The van der Waals surface area contributed by atoms with E-state index in [0.717, 1.165) is 11.1 Å². The maximum Gasteiger partial charge on any atom is 0.253 e. The Balaban J connectivity index is 2.75. The molecule has 0 unspecified atom stereocenters. The molecule has 0 spiro atoms. The molecule has 0 atom stereocenters. The first-order valence-electron chi connectivity index (χ1n) is 7.17. The fraction of sp³-hybridized carbons (Fsp3) is 0.263. The highest BCUT2D eigenvalue weighted by Gasteiger charge is 2.27. The Morgan fingerprint density at radius 3 is 2.00 bits per heavy atom. The van der Waals surface area contributed by atoms with Gasteiger partial charge in [-0.1, -0.05) is 63.2 Å².